The molecule has 0 saturated carbocycles. The first-order valence-electron chi connectivity index (χ1n) is 7.66. The monoisotopic (exact) mass is 288 g/mol. The molecule has 0 bridgehead atoms. The van der Waals surface area contributed by atoms with Crippen molar-refractivity contribution in [3.63, 3.8) is 0 Å². The third kappa shape index (κ3) is 4.59. The highest BCUT2D eigenvalue weighted by Gasteiger charge is 2.24. The minimum atomic E-state index is -0.242. The zero-order valence-electron chi connectivity index (χ0n) is 12.8. The predicted molar refractivity (Wildman–Crippen MR) is 82.6 cm³/mol. The molecule has 1 heterocycles. The Bertz CT molecular complexity index is 487. The lowest BCUT2D eigenvalue weighted by atomic mass is 9.98. The van der Waals surface area contributed by atoms with Crippen molar-refractivity contribution in [2.45, 2.75) is 39.2 Å². The molecule has 1 fully saturated rings. The molecule has 1 aliphatic rings. The summed E-state index contributed by atoms with van der Waals surface area (Å²) in [6.07, 6.45) is 2.59. The summed E-state index contributed by atoms with van der Waals surface area (Å²) in [5, 5.41) is 2.89. The average molecular weight is 288 g/mol. The summed E-state index contributed by atoms with van der Waals surface area (Å²) in [6, 6.07) is 9.45. The SMILES string of the molecule is CC(=O)N[C@@H](CC(=O)N1CCC[C@@H](C)C1)c1ccccc1. The van der Waals surface area contributed by atoms with Gasteiger partial charge >= 0.3 is 0 Å². The van der Waals surface area contributed by atoms with Crippen LogP contribution in [-0.2, 0) is 9.59 Å². The standard InChI is InChI=1S/C17H24N2O2/c1-13-7-6-10-19(12-13)17(21)11-16(18-14(2)20)15-8-4-3-5-9-15/h3-5,8-9,13,16H,6-7,10-12H2,1-2H3,(H,18,20)/t13-,16+/m1/s1. The number of hydrogen-bond acceptors (Lipinski definition) is 2. The van der Waals surface area contributed by atoms with Crippen LogP contribution in [0.4, 0.5) is 0 Å². The van der Waals surface area contributed by atoms with Gasteiger partial charge in [-0.3, -0.25) is 9.59 Å². The molecule has 0 unspecified atom stereocenters. The van der Waals surface area contributed by atoms with Crippen LogP contribution in [0, 0.1) is 5.92 Å². The van der Waals surface area contributed by atoms with E-state index in [-0.39, 0.29) is 17.9 Å². The fraction of sp³-hybridized carbons (Fsp3) is 0.529. The molecule has 0 aromatic heterocycles. The summed E-state index contributed by atoms with van der Waals surface area (Å²) in [4.78, 5) is 25.8. The second kappa shape index (κ2) is 7.25. The smallest absolute Gasteiger partial charge is 0.224 e. The van der Waals surface area contributed by atoms with E-state index in [2.05, 4.69) is 12.2 Å². The van der Waals surface area contributed by atoms with E-state index in [9.17, 15) is 9.59 Å². The van der Waals surface area contributed by atoms with Crippen molar-refractivity contribution in [1.29, 1.82) is 0 Å². The molecule has 2 rings (SSSR count). The number of hydrogen-bond donors (Lipinski definition) is 1. The highest BCUT2D eigenvalue weighted by Crippen LogP contribution is 2.21. The lowest BCUT2D eigenvalue weighted by Gasteiger charge is -2.32. The Labute approximate surface area is 126 Å². The first-order valence-corrected chi connectivity index (χ1v) is 7.66. The van der Waals surface area contributed by atoms with Crippen LogP contribution in [0.15, 0.2) is 30.3 Å². The van der Waals surface area contributed by atoms with E-state index in [1.807, 2.05) is 35.2 Å². The summed E-state index contributed by atoms with van der Waals surface area (Å²) in [5.41, 5.74) is 0.978. The van der Waals surface area contributed by atoms with Gasteiger partial charge in [-0.2, -0.15) is 0 Å². The second-order valence-electron chi connectivity index (χ2n) is 5.96. The zero-order chi connectivity index (χ0) is 15.2. The molecular formula is C17H24N2O2. The summed E-state index contributed by atoms with van der Waals surface area (Å²) in [6.45, 7) is 5.34. The van der Waals surface area contributed by atoms with Gasteiger partial charge in [-0.15, -0.1) is 0 Å². The molecule has 21 heavy (non-hydrogen) atoms. The number of carbonyl (C=O) groups excluding carboxylic acids is 2. The normalized spacial score (nSPS) is 19.9. The highest BCUT2D eigenvalue weighted by atomic mass is 16.2. The summed E-state index contributed by atoms with van der Waals surface area (Å²) < 4.78 is 0. The van der Waals surface area contributed by atoms with E-state index in [0.29, 0.717) is 12.3 Å². The molecule has 1 aromatic carbocycles. The highest BCUT2D eigenvalue weighted by molar-refractivity contribution is 5.79. The molecule has 1 aromatic rings. The third-order valence-electron chi connectivity index (χ3n) is 3.97. The molecule has 0 radical (unpaired) electrons. The largest absolute Gasteiger partial charge is 0.349 e. The molecule has 114 valence electrons. The maximum absolute atomic E-state index is 12.5. The Hall–Kier alpha value is -1.84. The van der Waals surface area contributed by atoms with Gasteiger partial charge in [0.15, 0.2) is 0 Å². The Kier molecular flexibility index (Phi) is 5.37. The predicted octanol–water partition coefficient (Wildman–Crippen LogP) is 2.51. The van der Waals surface area contributed by atoms with Crippen LogP contribution >= 0.6 is 0 Å². The number of benzene rings is 1. The maximum Gasteiger partial charge on any atom is 0.224 e. The van der Waals surface area contributed by atoms with Crippen molar-refractivity contribution in [2.75, 3.05) is 13.1 Å². The van der Waals surface area contributed by atoms with Crippen molar-refractivity contribution in [1.82, 2.24) is 10.2 Å². The molecule has 4 nitrogen and oxygen atoms in total. The van der Waals surface area contributed by atoms with Crippen molar-refractivity contribution in [3.8, 4) is 0 Å². The quantitative estimate of drug-likeness (QED) is 0.925. The van der Waals surface area contributed by atoms with Crippen LogP contribution in [-0.4, -0.2) is 29.8 Å². The van der Waals surface area contributed by atoms with Crippen LogP contribution in [0.5, 0.6) is 0 Å². The Morgan fingerprint density at radius 3 is 2.67 bits per heavy atom. The number of carbonyl (C=O) groups is 2. The average Bonchev–Trinajstić information content (AvgIpc) is 2.47. The number of amides is 2. The lowest BCUT2D eigenvalue weighted by Crippen LogP contribution is -2.41. The van der Waals surface area contributed by atoms with Crippen LogP contribution in [0.2, 0.25) is 0 Å². The van der Waals surface area contributed by atoms with Gasteiger partial charge in [-0.1, -0.05) is 37.3 Å². The molecule has 2 amide bonds. The molecule has 1 N–H and O–H groups in total. The molecule has 0 spiro atoms. The van der Waals surface area contributed by atoms with Gasteiger partial charge in [0.2, 0.25) is 11.8 Å². The topological polar surface area (TPSA) is 49.4 Å². The maximum atomic E-state index is 12.5. The van der Waals surface area contributed by atoms with Crippen molar-refractivity contribution in [3.05, 3.63) is 35.9 Å². The molecule has 4 heteroatoms. The van der Waals surface area contributed by atoms with Crippen LogP contribution in [0.1, 0.15) is 44.7 Å². The van der Waals surface area contributed by atoms with E-state index in [0.717, 1.165) is 25.1 Å². The van der Waals surface area contributed by atoms with Crippen molar-refractivity contribution < 1.29 is 9.59 Å². The number of likely N-dealkylation sites (tertiary alicyclic amines) is 1. The van der Waals surface area contributed by atoms with Gasteiger partial charge in [0.25, 0.3) is 0 Å². The lowest BCUT2D eigenvalue weighted by molar-refractivity contribution is -0.133. The van der Waals surface area contributed by atoms with E-state index < -0.39 is 0 Å². The van der Waals surface area contributed by atoms with Gasteiger partial charge in [0.05, 0.1) is 12.5 Å². The fourth-order valence-electron chi connectivity index (χ4n) is 2.90. The van der Waals surface area contributed by atoms with Crippen molar-refractivity contribution in [2.24, 2.45) is 5.92 Å². The first kappa shape index (κ1) is 15.5. The van der Waals surface area contributed by atoms with E-state index in [4.69, 9.17) is 0 Å². The summed E-state index contributed by atoms with van der Waals surface area (Å²) in [7, 11) is 0. The molecule has 2 atom stereocenters. The van der Waals surface area contributed by atoms with Crippen LogP contribution < -0.4 is 5.32 Å². The van der Waals surface area contributed by atoms with Gasteiger partial charge in [0, 0.05) is 20.0 Å². The van der Waals surface area contributed by atoms with Crippen LogP contribution in [0.3, 0.4) is 0 Å². The second-order valence-corrected chi connectivity index (χ2v) is 5.96. The molecule has 1 saturated heterocycles. The van der Waals surface area contributed by atoms with E-state index in [1.165, 1.54) is 13.3 Å². The molecule has 0 aliphatic carbocycles. The number of nitrogens with zero attached hydrogens (tertiary/aromatic N) is 1. The minimum absolute atomic E-state index is 0.108. The van der Waals surface area contributed by atoms with Gasteiger partial charge in [-0.05, 0) is 24.3 Å². The number of rotatable bonds is 4. The number of nitrogens with one attached hydrogen (secondary N) is 1. The molecule has 1 aliphatic heterocycles. The fourth-order valence-corrected chi connectivity index (χ4v) is 2.90. The summed E-state index contributed by atoms with van der Waals surface area (Å²) in [5.74, 6) is 0.589. The first-order chi connectivity index (χ1) is 10.1. The minimum Gasteiger partial charge on any atom is -0.349 e. The van der Waals surface area contributed by atoms with Gasteiger partial charge < -0.3 is 10.2 Å². The molecular weight excluding hydrogens is 264 g/mol. The van der Waals surface area contributed by atoms with E-state index in [1.54, 1.807) is 0 Å². The number of piperidine rings is 1. The zero-order valence-corrected chi connectivity index (χ0v) is 12.8. The van der Waals surface area contributed by atoms with Crippen LogP contribution in [0.25, 0.3) is 0 Å². The third-order valence-corrected chi connectivity index (χ3v) is 3.97. The van der Waals surface area contributed by atoms with Gasteiger partial charge in [0.1, 0.15) is 0 Å². The Morgan fingerprint density at radius 2 is 2.05 bits per heavy atom. The van der Waals surface area contributed by atoms with E-state index >= 15 is 0 Å². The Morgan fingerprint density at radius 1 is 1.33 bits per heavy atom. The Balaban J connectivity index is 2.04. The van der Waals surface area contributed by atoms with Crippen molar-refractivity contribution >= 4 is 11.8 Å². The summed E-state index contributed by atoms with van der Waals surface area (Å²) >= 11 is 0. The van der Waals surface area contributed by atoms with Gasteiger partial charge in [-0.25, -0.2) is 0 Å².